The molecule has 2 rings (SSSR count). The normalized spacial score (nSPS) is 22.7. The fourth-order valence-electron chi connectivity index (χ4n) is 1.95. The molecule has 1 aromatic rings. The molecule has 0 radical (unpaired) electrons. The number of rotatable bonds is 2. The zero-order chi connectivity index (χ0) is 10.7. The minimum Gasteiger partial charge on any atom is -0.366 e. The number of nitrogens with zero attached hydrogens (tertiary/aromatic N) is 2. The Morgan fingerprint density at radius 1 is 1.53 bits per heavy atom. The molecule has 1 unspecified atom stereocenters. The van der Waals surface area contributed by atoms with Crippen molar-refractivity contribution in [2.75, 3.05) is 25.5 Å². The van der Waals surface area contributed by atoms with Crippen LogP contribution >= 0.6 is 15.9 Å². The van der Waals surface area contributed by atoms with Gasteiger partial charge in [0.15, 0.2) is 0 Å². The van der Waals surface area contributed by atoms with Gasteiger partial charge in [0.2, 0.25) is 0 Å². The van der Waals surface area contributed by atoms with E-state index in [9.17, 15) is 0 Å². The molecule has 1 atom stereocenters. The molecular weight excluding hydrogens is 254 g/mol. The third-order valence-corrected chi connectivity index (χ3v) is 3.17. The summed E-state index contributed by atoms with van der Waals surface area (Å²) >= 11 is 3.38. The highest BCUT2D eigenvalue weighted by atomic mass is 79.9. The molecule has 0 saturated carbocycles. The summed E-state index contributed by atoms with van der Waals surface area (Å²) in [6.07, 6.45) is 4.33. The maximum atomic E-state index is 4.32. The minimum atomic E-state index is 0.539. The number of halogens is 1. The van der Waals surface area contributed by atoms with Gasteiger partial charge in [0, 0.05) is 23.3 Å². The van der Waals surface area contributed by atoms with E-state index in [1.165, 1.54) is 19.4 Å². The van der Waals surface area contributed by atoms with Crippen molar-refractivity contribution in [2.24, 2.45) is 0 Å². The minimum absolute atomic E-state index is 0.539. The van der Waals surface area contributed by atoms with E-state index in [4.69, 9.17) is 0 Å². The third-order valence-electron chi connectivity index (χ3n) is 2.70. The van der Waals surface area contributed by atoms with Gasteiger partial charge in [0.05, 0.1) is 0 Å². The molecule has 0 amide bonds. The van der Waals surface area contributed by atoms with Crippen LogP contribution in [-0.4, -0.2) is 36.1 Å². The van der Waals surface area contributed by atoms with Crippen molar-refractivity contribution in [3.8, 4) is 0 Å². The van der Waals surface area contributed by atoms with Crippen molar-refractivity contribution in [1.29, 1.82) is 0 Å². The van der Waals surface area contributed by atoms with Gasteiger partial charge in [-0.05, 0) is 54.5 Å². The largest absolute Gasteiger partial charge is 0.366 e. The first kappa shape index (κ1) is 10.9. The summed E-state index contributed by atoms with van der Waals surface area (Å²) in [7, 11) is 2.17. The van der Waals surface area contributed by atoms with Crippen LogP contribution in [0.25, 0.3) is 0 Å². The highest BCUT2D eigenvalue weighted by Crippen LogP contribution is 2.15. The Hall–Kier alpha value is -0.610. The summed E-state index contributed by atoms with van der Waals surface area (Å²) in [5.74, 6) is 0.971. The molecule has 3 nitrogen and oxygen atoms in total. The smallest absolute Gasteiger partial charge is 0.126 e. The Labute approximate surface area is 99.0 Å². The van der Waals surface area contributed by atoms with Gasteiger partial charge in [0.1, 0.15) is 5.82 Å². The molecule has 1 N–H and O–H groups in total. The van der Waals surface area contributed by atoms with Crippen molar-refractivity contribution in [1.82, 2.24) is 9.88 Å². The van der Waals surface area contributed by atoms with Gasteiger partial charge in [-0.25, -0.2) is 4.98 Å². The molecule has 1 aliphatic heterocycles. The van der Waals surface area contributed by atoms with E-state index in [-0.39, 0.29) is 0 Å². The summed E-state index contributed by atoms with van der Waals surface area (Å²) in [6, 6.07) is 4.57. The Kier molecular flexibility index (Phi) is 3.59. The van der Waals surface area contributed by atoms with Gasteiger partial charge >= 0.3 is 0 Å². The van der Waals surface area contributed by atoms with E-state index in [2.05, 4.69) is 38.2 Å². The van der Waals surface area contributed by atoms with Crippen LogP contribution in [0.15, 0.2) is 22.8 Å². The fraction of sp³-hybridized carbons (Fsp3) is 0.545. The second-order valence-corrected chi connectivity index (χ2v) is 5.02. The van der Waals surface area contributed by atoms with Gasteiger partial charge in [-0.2, -0.15) is 0 Å². The van der Waals surface area contributed by atoms with E-state index in [0.717, 1.165) is 16.8 Å². The lowest BCUT2D eigenvalue weighted by atomic mass is 10.1. The molecule has 1 aromatic heterocycles. The number of hydrogen-bond acceptors (Lipinski definition) is 3. The second kappa shape index (κ2) is 4.94. The molecule has 2 heterocycles. The molecule has 82 valence electrons. The van der Waals surface area contributed by atoms with E-state index in [1.54, 1.807) is 0 Å². The summed E-state index contributed by atoms with van der Waals surface area (Å²) in [4.78, 5) is 6.68. The first-order valence-electron chi connectivity index (χ1n) is 5.30. The summed E-state index contributed by atoms with van der Waals surface area (Å²) < 4.78 is 1.02. The van der Waals surface area contributed by atoms with Gasteiger partial charge in [0.25, 0.3) is 0 Å². The van der Waals surface area contributed by atoms with Crippen LogP contribution in [0.5, 0.6) is 0 Å². The predicted molar refractivity (Wildman–Crippen MR) is 66.1 cm³/mol. The molecule has 0 bridgehead atoms. The summed E-state index contributed by atoms with van der Waals surface area (Å²) in [5, 5.41) is 3.46. The average Bonchev–Trinajstić information content (AvgIpc) is 2.22. The van der Waals surface area contributed by atoms with Crippen LogP contribution in [0.1, 0.15) is 12.8 Å². The molecule has 1 saturated heterocycles. The van der Waals surface area contributed by atoms with E-state index >= 15 is 0 Å². The van der Waals surface area contributed by atoms with E-state index in [0.29, 0.717) is 6.04 Å². The number of hydrogen-bond donors (Lipinski definition) is 1. The van der Waals surface area contributed by atoms with Gasteiger partial charge in [-0.3, -0.25) is 0 Å². The zero-order valence-corrected chi connectivity index (χ0v) is 10.5. The molecule has 0 aromatic carbocycles. The van der Waals surface area contributed by atoms with Gasteiger partial charge in [-0.15, -0.1) is 0 Å². The SMILES string of the molecule is CN1CCCC(Nc2ccc(Br)cn2)C1. The Balaban J connectivity index is 1.93. The van der Waals surface area contributed by atoms with Crippen molar-refractivity contribution < 1.29 is 0 Å². The Morgan fingerprint density at radius 3 is 3.07 bits per heavy atom. The maximum absolute atomic E-state index is 4.32. The number of likely N-dealkylation sites (tertiary alicyclic amines) is 1. The van der Waals surface area contributed by atoms with E-state index < -0.39 is 0 Å². The quantitative estimate of drug-likeness (QED) is 0.894. The molecule has 0 aliphatic carbocycles. The second-order valence-electron chi connectivity index (χ2n) is 4.11. The molecule has 0 spiro atoms. The third kappa shape index (κ3) is 3.18. The molecule has 15 heavy (non-hydrogen) atoms. The molecule has 1 aliphatic rings. The Morgan fingerprint density at radius 2 is 2.40 bits per heavy atom. The number of likely N-dealkylation sites (N-methyl/N-ethyl adjacent to an activating group) is 1. The zero-order valence-electron chi connectivity index (χ0n) is 8.91. The highest BCUT2D eigenvalue weighted by Gasteiger charge is 2.16. The van der Waals surface area contributed by atoms with Crippen molar-refractivity contribution >= 4 is 21.7 Å². The Bertz CT molecular complexity index is 312. The van der Waals surface area contributed by atoms with Gasteiger partial charge < -0.3 is 10.2 Å². The monoisotopic (exact) mass is 269 g/mol. The fourth-order valence-corrected chi connectivity index (χ4v) is 2.19. The van der Waals surface area contributed by atoms with Crippen LogP contribution in [0.2, 0.25) is 0 Å². The first-order valence-corrected chi connectivity index (χ1v) is 6.10. The van der Waals surface area contributed by atoms with Crippen molar-refractivity contribution in [2.45, 2.75) is 18.9 Å². The first-order chi connectivity index (χ1) is 7.24. The topological polar surface area (TPSA) is 28.2 Å². The molecule has 4 heteroatoms. The van der Waals surface area contributed by atoms with E-state index in [1.807, 2.05) is 18.3 Å². The van der Waals surface area contributed by atoms with Crippen LogP contribution in [0.3, 0.4) is 0 Å². The number of piperidine rings is 1. The maximum Gasteiger partial charge on any atom is 0.126 e. The van der Waals surface area contributed by atoms with Crippen LogP contribution < -0.4 is 5.32 Å². The van der Waals surface area contributed by atoms with Crippen LogP contribution in [-0.2, 0) is 0 Å². The molecular formula is C11H16BrN3. The lowest BCUT2D eigenvalue weighted by Gasteiger charge is -2.30. The standard InChI is InChI=1S/C11H16BrN3/c1-15-6-2-3-10(8-15)14-11-5-4-9(12)7-13-11/h4-5,7,10H,2-3,6,8H2,1H3,(H,13,14). The van der Waals surface area contributed by atoms with Crippen LogP contribution in [0, 0.1) is 0 Å². The lowest BCUT2D eigenvalue weighted by molar-refractivity contribution is 0.261. The van der Waals surface area contributed by atoms with Crippen molar-refractivity contribution in [3.05, 3.63) is 22.8 Å². The average molecular weight is 270 g/mol. The lowest BCUT2D eigenvalue weighted by Crippen LogP contribution is -2.39. The predicted octanol–water partition coefficient (Wildman–Crippen LogP) is 2.35. The summed E-state index contributed by atoms with van der Waals surface area (Å²) in [5.41, 5.74) is 0. The highest BCUT2D eigenvalue weighted by molar-refractivity contribution is 9.10. The summed E-state index contributed by atoms with van der Waals surface area (Å²) in [6.45, 7) is 2.32. The molecule has 1 fully saturated rings. The number of pyridine rings is 1. The van der Waals surface area contributed by atoms with Gasteiger partial charge in [-0.1, -0.05) is 0 Å². The number of anilines is 1. The van der Waals surface area contributed by atoms with Crippen LogP contribution in [0.4, 0.5) is 5.82 Å². The number of nitrogens with one attached hydrogen (secondary N) is 1. The van der Waals surface area contributed by atoms with Crippen molar-refractivity contribution in [3.63, 3.8) is 0 Å². The number of aromatic nitrogens is 1.